The van der Waals surface area contributed by atoms with E-state index in [9.17, 15) is 4.79 Å². The monoisotopic (exact) mass is 336 g/mol. The second-order valence-corrected chi connectivity index (χ2v) is 6.24. The summed E-state index contributed by atoms with van der Waals surface area (Å²) in [6.45, 7) is 4.42. The Balaban J connectivity index is 3.42. The third-order valence-corrected chi connectivity index (χ3v) is 3.85. The van der Waals surface area contributed by atoms with Gasteiger partial charge in [0.15, 0.2) is 0 Å². The van der Waals surface area contributed by atoms with Crippen molar-refractivity contribution in [2.45, 2.75) is 78.1 Å². The van der Waals surface area contributed by atoms with Gasteiger partial charge in [-0.05, 0) is 76.3 Å². The predicted octanol–water partition coefficient (Wildman–Crippen LogP) is 7.29. The molecule has 0 aromatic rings. The minimum atomic E-state index is -0.238. The molecule has 0 radical (unpaired) electrons. The Morgan fingerprint density at radius 2 is 1.35 bits per heavy atom. The fourth-order valence-corrected chi connectivity index (χ4v) is 2.17. The molecule has 0 saturated heterocycles. The van der Waals surface area contributed by atoms with Crippen LogP contribution in [0.2, 0.25) is 0 Å². The third kappa shape index (κ3) is 18.9. The Bertz CT molecular complexity index is 402. The van der Waals surface area contributed by atoms with E-state index in [4.69, 9.17) is 11.6 Å². The largest absolute Gasteiger partial charge is 0.281 e. The zero-order valence-electron chi connectivity index (χ0n) is 14.9. The highest BCUT2D eigenvalue weighted by Crippen LogP contribution is 2.06. The molecule has 2 heteroatoms. The first-order valence-electron chi connectivity index (χ1n) is 8.95. The van der Waals surface area contributed by atoms with Crippen molar-refractivity contribution in [3.05, 3.63) is 48.1 Å². The van der Waals surface area contributed by atoms with Gasteiger partial charge in [0.25, 0.3) is 0 Å². The lowest BCUT2D eigenvalue weighted by molar-refractivity contribution is -0.111. The van der Waals surface area contributed by atoms with Crippen LogP contribution in [0.3, 0.4) is 0 Å². The number of carbonyl (C=O) groups excluding carboxylic acids is 1. The van der Waals surface area contributed by atoms with Gasteiger partial charge in [0.05, 0.1) is 0 Å². The van der Waals surface area contributed by atoms with Gasteiger partial charge in [0, 0.05) is 6.42 Å². The number of allylic oxidation sites excluding steroid dienone is 8. The Labute approximate surface area is 148 Å². The predicted molar refractivity (Wildman–Crippen MR) is 104 cm³/mol. The number of hydrogen-bond acceptors (Lipinski definition) is 1. The summed E-state index contributed by atoms with van der Waals surface area (Å²) in [5.41, 5.74) is 1.51. The molecule has 0 fully saturated rings. The van der Waals surface area contributed by atoms with Crippen LogP contribution in [-0.4, -0.2) is 5.24 Å². The van der Waals surface area contributed by atoms with Crippen molar-refractivity contribution in [1.82, 2.24) is 0 Å². The molecule has 0 amide bonds. The zero-order valence-corrected chi connectivity index (χ0v) is 15.7. The lowest BCUT2D eigenvalue weighted by atomic mass is 10.1. The number of unbranched alkanes of at least 4 members (excludes halogenated alkanes) is 4. The minimum Gasteiger partial charge on any atom is -0.281 e. The molecule has 0 aliphatic rings. The molecule has 0 saturated carbocycles. The maximum atomic E-state index is 10.5. The van der Waals surface area contributed by atoms with Crippen molar-refractivity contribution in [2.24, 2.45) is 0 Å². The van der Waals surface area contributed by atoms with Gasteiger partial charge in [0.2, 0.25) is 5.24 Å². The van der Waals surface area contributed by atoms with Crippen LogP contribution < -0.4 is 0 Å². The Hall–Kier alpha value is -1.08. The highest BCUT2D eigenvalue weighted by atomic mass is 35.5. The van der Waals surface area contributed by atoms with Crippen LogP contribution in [0.25, 0.3) is 0 Å². The standard InChI is InChI=1S/C21H33ClO/c1-3-20(2)18-16-14-12-10-8-6-4-5-7-9-11-13-15-17-19-21(22)23/h5-8,11,13,18H,3-4,9-10,12,14-17,19H2,1-2H3/b7-5-,8-6-,13-11-,20-18-. The van der Waals surface area contributed by atoms with Crippen LogP contribution in [-0.2, 0) is 4.79 Å². The van der Waals surface area contributed by atoms with Crippen molar-refractivity contribution >= 4 is 16.8 Å². The molecule has 0 spiro atoms. The fraction of sp³-hybridized carbons (Fsp3) is 0.571. The Morgan fingerprint density at radius 1 is 0.826 bits per heavy atom. The van der Waals surface area contributed by atoms with E-state index in [1.807, 2.05) is 0 Å². The molecule has 0 aliphatic carbocycles. The molecule has 0 N–H and O–H groups in total. The van der Waals surface area contributed by atoms with E-state index < -0.39 is 0 Å². The summed E-state index contributed by atoms with van der Waals surface area (Å²) < 4.78 is 0. The van der Waals surface area contributed by atoms with Crippen molar-refractivity contribution in [3.63, 3.8) is 0 Å². The summed E-state index contributed by atoms with van der Waals surface area (Å²) in [6.07, 6.45) is 25.9. The molecule has 0 aliphatic heterocycles. The summed E-state index contributed by atoms with van der Waals surface area (Å²) in [5, 5.41) is -0.238. The van der Waals surface area contributed by atoms with Crippen LogP contribution in [0.4, 0.5) is 0 Å². The quantitative estimate of drug-likeness (QED) is 0.185. The molecule has 0 unspecified atom stereocenters. The maximum Gasteiger partial charge on any atom is 0.221 e. The lowest BCUT2D eigenvalue weighted by Gasteiger charge is -1.96. The first-order chi connectivity index (χ1) is 11.2. The van der Waals surface area contributed by atoms with Gasteiger partial charge in [-0.15, -0.1) is 0 Å². The number of hydrogen-bond donors (Lipinski definition) is 0. The van der Waals surface area contributed by atoms with Crippen molar-refractivity contribution in [3.8, 4) is 0 Å². The lowest BCUT2D eigenvalue weighted by Crippen LogP contribution is -1.83. The van der Waals surface area contributed by atoms with Crippen LogP contribution in [0.1, 0.15) is 78.1 Å². The Kier molecular flexibility index (Phi) is 16.5. The van der Waals surface area contributed by atoms with Crippen molar-refractivity contribution in [2.75, 3.05) is 0 Å². The molecule has 0 atom stereocenters. The van der Waals surface area contributed by atoms with E-state index in [0.29, 0.717) is 6.42 Å². The number of rotatable bonds is 14. The van der Waals surface area contributed by atoms with Crippen LogP contribution in [0.5, 0.6) is 0 Å². The average molecular weight is 337 g/mol. The second-order valence-electron chi connectivity index (χ2n) is 5.82. The van der Waals surface area contributed by atoms with E-state index in [0.717, 1.165) is 25.7 Å². The van der Waals surface area contributed by atoms with E-state index >= 15 is 0 Å². The van der Waals surface area contributed by atoms with Crippen molar-refractivity contribution in [1.29, 1.82) is 0 Å². The zero-order chi connectivity index (χ0) is 17.2. The van der Waals surface area contributed by atoms with E-state index in [1.54, 1.807) is 0 Å². The minimum absolute atomic E-state index is 0.238. The number of halogens is 1. The van der Waals surface area contributed by atoms with Crippen LogP contribution >= 0.6 is 11.6 Å². The van der Waals surface area contributed by atoms with E-state index in [-0.39, 0.29) is 5.24 Å². The fourth-order valence-electron chi connectivity index (χ4n) is 2.04. The normalized spacial score (nSPS) is 12.9. The number of carbonyl (C=O) groups is 1. The molecule has 0 bridgehead atoms. The van der Waals surface area contributed by atoms with E-state index in [1.165, 1.54) is 37.7 Å². The van der Waals surface area contributed by atoms with Crippen LogP contribution in [0, 0.1) is 0 Å². The summed E-state index contributed by atoms with van der Waals surface area (Å²) in [7, 11) is 0. The van der Waals surface area contributed by atoms with Gasteiger partial charge < -0.3 is 0 Å². The summed E-state index contributed by atoms with van der Waals surface area (Å²) in [6, 6.07) is 0. The molecular formula is C21H33ClO. The maximum absolute atomic E-state index is 10.5. The Morgan fingerprint density at radius 3 is 1.91 bits per heavy atom. The van der Waals surface area contributed by atoms with Crippen molar-refractivity contribution < 1.29 is 4.79 Å². The van der Waals surface area contributed by atoms with Gasteiger partial charge in [-0.25, -0.2) is 0 Å². The van der Waals surface area contributed by atoms with Gasteiger partial charge >= 0.3 is 0 Å². The molecule has 0 heterocycles. The van der Waals surface area contributed by atoms with E-state index in [2.05, 4.69) is 56.4 Å². The van der Waals surface area contributed by atoms with Gasteiger partial charge in [-0.2, -0.15) is 0 Å². The van der Waals surface area contributed by atoms with Gasteiger partial charge in [-0.3, -0.25) is 4.79 Å². The molecule has 130 valence electrons. The smallest absolute Gasteiger partial charge is 0.221 e. The molecule has 0 aromatic carbocycles. The third-order valence-electron chi connectivity index (χ3n) is 3.66. The van der Waals surface area contributed by atoms with Gasteiger partial charge in [0.1, 0.15) is 0 Å². The first kappa shape index (κ1) is 21.9. The summed E-state index contributed by atoms with van der Waals surface area (Å²) in [5.74, 6) is 0. The topological polar surface area (TPSA) is 17.1 Å². The summed E-state index contributed by atoms with van der Waals surface area (Å²) >= 11 is 5.27. The first-order valence-corrected chi connectivity index (χ1v) is 9.33. The molecule has 0 aromatic heterocycles. The molecular weight excluding hydrogens is 304 g/mol. The second kappa shape index (κ2) is 17.3. The highest BCUT2D eigenvalue weighted by molar-refractivity contribution is 6.63. The average Bonchev–Trinajstić information content (AvgIpc) is 2.53. The highest BCUT2D eigenvalue weighted by Gasteiger charge is 1.92. The molecule has 0 rings (SSSR count). The van der Waals surface area contributed by atoms with Crippen LogP contribution in [0.15, 0.2) is 48.1 Å². The molecule has 1 nitrogen and oxygen atoms in total. The molecule has 23 heavy (non-hydrogen) atoms. The SMILES string of the molecule is CC/C(C)=C\CCCC/C=C\C/C=C\C/C=C\CCCC(=O)Cl. The summed E-state index contributed by atoms with van der Waals surface area (Å²) in [4.78, 5) is 10.5. The van der Waals surface area contributed by atoms with Gasteiger partial charge in [-0.1, -0.05) is 55.0 Å².